The lowest BCUT2D eigenvalue weighted by molar-refractivity contribution is 0.560. The van der Waals surface area contributed by atoms with Crippen molar-refractivity contribution in [2.75, 3.05) is 5.32 Å². The molecule has 0 aliphatic rings. The van der Waals surface area contributed by atoms with Gasteiger partial charge >= 0.3 is 0 Å². The van der Waals surface area contributed by atoms with Crippen LogP contribution in [0.3, 0.4) is 0 Å². The Morgan fingerprint density at radius 1 is 1.00 bits per heavy atom. The molecule has 3 heteroatoms. The van der Waals surface area contributed by atoms with Gasteiger partial charge in [0, 0.05) is 17.8 Å². The zero-order chi connectivity index (χ0) is 13.8. The summed E-state index contributed by atoms with van der Waals surface area (Å²) in [5.41, 5.74) is 2.13. The van der Waals surface area contributed by atoms with Crippen molar-refractivity contribution in [1.29, 1.82) is 0 Å². The van der Waals surface area contributed by atoms with Crippen molar-refractivity contribution in [3.8, 4) is 0 Å². The van der Waals surface area contributed by atoms with Gasteiger partial charge in [-0.25, -0.2) is 8.78 Å². The molecule has 1 N–H and O–H groups in total. The van der Waals surface area contributed by atoms with E-state index in [1.807, 2.05) is 24.3 Å². The van der Waals surface area contributed by atoms with E-state index in [1.165, 1.54) is 23.8 Å². The van der Waals surface area contributed by atoms with Crippen LogP contribution in [-0.2, 0) is 6.54 Å². The van der Waals surface area contributed by atoms with E-state index in [-0.39, 0.29) is 12.1 Å². The smallest absolute Gasteiger partial charge is 0.131 e. The highest BCUT2D eigenvalue weighted by Crippen LogP contribution is 2.20. The van der Waals surface area contributed by atoms with Crippen LogP contribution in [-0.4, -0.2) is 0 Å². The molecule has 0 aliphatic carbocycles. The number of nitrogens with one attached hydrogen (secondary N) is 1. The maximum Gasteiger partial charge on any atom is 0.131 e. The number of benzene rings is 2. The van der Waals surface area contributed by atoms with Crippen LogP contribution in [0.4, 0.5) is 14.5 Å². The molecule has 100 valence electrons. The standard InChI is InChI=1S/C16H17F2N/c1-11(2)12-5-3-6-13(9-12)19-10-14-15(17)7-4-8-16(14)18/h3-9,11,19H,10H2,1-2H3. The molecular weight excluding hydrogens is 244 g/mol. The Kier molecular flexibility index (Phi) is 4.15. The van der Waals surface area contributed by atoms with E-state index >= 15 is 0 Å². The molecule has 0 atom stereocenters. The molecule has 2 rings (SSSR count). The van der Waals surface area contributed by atoms with Crippen LogP contribution in [0.1, 0.15) is 30.9 Å². The van der Waals surface area contributed by atoms with E-state index in [9.17, 15) is 8.78 Å². The summed E-state index contributed by atoms with van der Waals surface area (Å²) in [7, 11) is 0. The quantitative estimate of drug-likeness (QED) is 0.841. The van der Waals surface area contributed by atoms with Crippen LogP contribution in [0.15, 0.2) is 42.5 Å². The monoisotopic (exact) mass is 261 g/mol. The number of rotatable bonds is 4. The molecule has 2 aromatic rings. The van der Waals surface area contributed by atoms with Gasteiger partial charge in [0.25, 0.3) is 0 Å². The van der Waals surface area contributed by atoms with Crippen LogP contribution in [0.2, 0.25) is 0 Å². The number of hydrogen-bond acceptors (Lipinski definition) is 1. The largest absolute Gasteiger partial charge is 0.381 e. The highest BCUT2D eigenvalue weighted by Gasteiger charge is 2.08. The minimum atomic E-state index is -0.521. The van der Waals surface area contributed by atoms with Gasteiger partial charge in [-0.3, -0.25) is 0 Å². The second-order valence-corrected chi connectivity index (χ2v) is 4.83. The minimum Gasteiger partial charge on any atom is -0.381 e. The first kappa shape index (κ1) is 13.5. The summed E-state index contributed by atoms with van der Waals surface area (Å²) < 4.78 is 27.0. The Hall–Kier alpha value is -1.90. The van der Waals surface area contributed by atoms with Crippen molar-refractivity contribution in [3.05, 3.63) is 65.2 Å². The summed E-state index contributed by atoms with van der Waals surface area (Å²) in [4.78, 5) is 0. The lowest BCUT2D eigenvalue weighted by atomic mass is 10.0. The Morgan fingerprint density at radius 2 is 1.63 bits per heavy atom. The predicted molar refractivity (Wildman–Crippen MR) is 74.2 cm³/mol. The molecule has 0 heterocycles. The summed E-state index contributed by atoms with van der Waals surface area (Å²) in [6.45, 7) is 4.35. The summed E-state index contributed by atoms with van der Waals surface area (Å²) in [6.07, 6.45) is 0. The van der Waals surface area contributed by atoms with Gasteiger partial charge in [-0.05, 0) is 35.7 Å². The fourth-order valence-corrected chi connectivity index (χ4v) is 1.90. The van der Waals surface area contributed by atoms with Crippen LogP contribution in [0, 0.1) is 11.6 Å². The van der Waals surface area contributed by atoms with Crippen molar-refractivity contribution in [2.24, 2.45) is 0 Å². The van der Waals surface area contributed by atoms with Crippen molar-refractivity contribution in [1.82, 2.24) is 0 Å². The maximum absolute atomic E-state index is 13.5. The first-order valence-electron chi connectivity index (χ1n) is 6.34. The topological polar surface area (TPSA) is 12.0 Å². The lowest BCUT2D eigenvalue weighted by Crippen LogP contribution is -2.04. The van der Waals surface area contributed by atoms with E-state index in [1.54, 1.807) is 0 Å². The molecule has 1 nitrogen and oxygen atoms in total. The Balaban J connectivity index is 2.12. The summed E-state index contributed by atoms with van der Waals surface area (Å²) >= 11 is 0. The summed E-state index contributed by atoms with van der Waals surface area (Å²) in [6, 6.07) is 11.8. The average molecular weight is 261 g/mol. The average Bonchev–Trinajstić information content (AvgIpc) is 2.38. The highest BCUT2D eigenvalue weighted by atomic mass is 19.1. The molecule has 0 fully saturated rings. The molecule has 0 amide bonds. The molecule has 2 aromatic carbocycles. The highest BCUT2D eigenvalue weighted by molar-refractivity contribution is 5.47. The first-order chi connectivity index (χ1) is 9.08. The molecule has 0 radical (unpaired) electrons. The fraction of sp³-hybridized carbons (Fsp3) is 0.250. The third-order valence-corrected chi connectivity index (χ3v) is 3.08. The molecule has 0 aliphatic heterocycles. The molecule has 19 heavy (non-hydrogen) atoms. The van der Waals surface area contributed by atoms with Gasteiger partial charge in [-0.2, -0.15) is 0 Å². The van der Waals surface area contributed by atoms with Crippen LogP contribution in [0.25, 0.3) is 0 Å². The molecular formula is C16H17F2N. The van der Waals surface area contributed by atoms with E-state index in [0.717, 1.165) is 5.69 Å². The van der Waals surface area contributed by atoms with Gasteiger partial charge in [-0.15, -0.1) is 0 Å². The predicted octanol–water partition coefficient (Wildman–Crippen LogP) is 4.70. The van der Waals surface area contributed by atoms with E-state index in [2.05, 4.69) is 19.2 Å². The molecule has 0 aromatic heterocycles. The second-order valence-electron chi connectivity index (χ2n) is 4.83. The van der Waals surface area contributed by atoms with Gasteiger partial charge in [0.05, 0.1) is 0 Å². The molecule has 0 saturated carbocycles. The van der Waals surface area contributed by atoms with Gasteiger partial charge < -0.3 is 5.32 Å². The fourth-order valence-electron chi connectivity index (χ4n) is 1.90. The van der Waals surface area contributed by atoms with Crippen molar-refractivity contribution < 1.29 is 8.78 Å². The molecule has 0 spiro atoms. The molecule has 0 unspecified atom stereocenters. The van der Waals surface area contributed by atoms with Crippen LogP contribution in [0.5, 0.6) is 0 Å². The van der Waals surface area contributed by atoms with Crippen molar-refractivity contribution in [2.45, 2.75) is 26.3 Å². The van der Waals surface area contributed by atoms with Crippen LogP contribution >= 0.6 is 0 Å². The SMILES string of the molecule is CC(C)c1cccc(NCc2c(F)cccc2F)c1. The first-order valence-corrected chi connectivity index (χ1v) is 6.34. The third kappa shape index (κ3) is 3.31. The van der Waals surface area contributed by atoms with E-state index in [0.29, 0.717) is 5.92 Å². The lowest BCUT2D eigenvalue weighted by Gasteiger charge is -2.11. The van der Waals surface area contributed by atoms with Crippen LogP contribution < -0.4 is 5.32 Å². The molecule has 0 saturated heterocycles. The Bertz CT molecular complexity index is 544. The maximum atomic E-state index is 13.5. The van der Waals surface area contributed by atoms with Gasteiger partial charge in [-0.1, -0.05) is 32.0 Å². The van der Waals surface area contributed by atoms with Gasteiger partial charge in [0.15, 0.2) is 0 Å². The van der Waals surface area contributed by atoms with Crippen molar-refractivity contribution in [3.63, 3.8) is 0 Å². The van der Waals surface area contributed by atoms with Gasteiger partial charge in [0.1, 0.15) is 11.6 Å². The number of anilines is 1. The molecule has 0 bridgehead atoms. The van der Waals surface area contributed by atoms with Crippen molar-refractivity contribution >= 4 is 5.69 Å². The summed E-state index contributed by atoms with van der Waals surface area (Å²) in [5.74, 6) is -0.619. The third-order valence-electron chi connectivity index (χ3n) is 3.08. The van der Waals surface area contributed by atoms with E-state index in [4.69, 9.17) is 0 Å². The minimum absolute atomic E-state index is 0.0671. The number of halogens is 2. The normalized spacial score (nSPS) is 10.8. The zero-order valence-corrected chi connectivity index (χ0v) is 11.1. The van der Waals surface area contributed by atoms with Gasteiger partial charge in [0.2, 0.25) is 0 Å². The van der Waals surface area contributed by atoms with E-state index < -0.39 is 11.6 Å². The zero-order valence-electron chi connectivity index (χ0n) is 11.1. The number of hydrogen-bond donors (Lipinski definition) is 1. The Labute approximate surface area is 112 Å². The summed E-state index contributed by atoms with van der Waals surface area (Å²) in [5, 5.41) is 3.06. The second kappa shape index (κ2) is 5.83. The Morgan fingerprint density at radius 3 is 2.26 bits per heavy atom.